The van der Waals surface area contributed by atoms with E-state index in [0.717, 1.165) is 180 Å². The second-order valence-electron chi connectivity index (χ2n) is 24.8. The van der Waals surface area contributed by atoms with Crippen LogP contribution in [0.4, 0.5) is 0 Å². The molecule has 0 fully saturated rings. The number of unbranched alkanes of at least 4 members (excludes halogenated alkanes) is 28. The van der Waals surface area contributed by atoms with Crippen molar-refractivity contribution in [3.8, 4) is 0 Å². The molecule has 3 N–H and O–H groups in total. The van der Waals surface area contributed by atoms with Crippen LogP contribution < -0.4 is 0 Å². The van der Waals surface area contributed by atoms with Crippen molar-refractivity contribution in [2.75, 3.05) is 39.6 Å². The van der Waals surface area contributed by atoms with E-state index < -0.39 is 97.5 Å². The Labute approximate surface area is 582 Å². The van der Waals surface area contributed by atoms with E-state index in [2.05, 4.69) is 125 Å². The third-order valence-electron chi connectivity index (χ3n) is 15.5. The van der Waals surface area contributed by atoms with Gasteiger partial charge in [0.25, 0.3) is 0 Å². The number of phosphoric acid groups is 2. The molecule has 0 amide bonds. The van der Waals surface area contributed by atoms with Gasteiger partial charge in [-0.25, -0.2) is 9.13 Å². The smallest absolute Gasteiger partial charge is 0.462 e. The number of rotatable bonds is 70. The van der Waals surface area contributed by atoms with Gasteiger partial charge in [0.15, 0.2) is 12.2 Å². The Balaban J connectivity index is 5.29. The zero-order chi connectivity index (χ0) is 70.4. The maximum Gasteiger partial charge on any atom is 0.472 e. The van der Waals surface area contributed by atoms with Crippen molar-refractivity contribution >= 4 is 39.5 Å². The van der Waals surface area contributed by atoms with E-state index in [0.29, 0.717) is 25.7 Å². The summed E-state index contributed by atoms with van der Waals surface area (Å²) in [6, 6.07) is 0. The number of aliphatic hydroxyl groups excluding tert-OH is 1. The summed E-state index contributed by atoms with van der Waals surface area (Å²) in [5.41, 5.74) is 0. The number of aliphatic hydroxyl groups is 1. The predicted octanol–water partition coefficient (Wildman–Crippen LogP) is 21.2. The van der Waals surface area contributed by atoms with Crippen LogP contribution in [0.25, 0.3) is 0 Å². The molecule has 5 unspecified atom stereocenters. The van der Waals surface area contributed by atoms with Crippen molar-refractivity contribution in [2.24, 2.45) is 0 Å². The molecule has 0 rings (SSSR count). The Morgan fingerprint density at radius 3 is 0.875 bits per heavy atom. The lowest BCUT2D eigenvalue weighted by Gasteiger charge is -2.21. The molecule has 0 aliphatic rings. The normalized spacial score (nSPS) is 14.5. The van der Waals surface area contributed by atoms with E-state index in [1.165, 1.54) is 51.4 Å². The van der Waals surface area contributed by atoms with Crippen molar-refractivity contribution in [3.05, 3.63) is 97.2 Å². The van der Waals surface area contributed by atoms with Crippen LogP contribution in [-0.2, 0) is 65.4 Å². The Morgan fingerprint density at radius 1 is 0.302 bits per heavy atom. The molecule has 0 heterocycles. The first-order chi connectivity index (χ1) is 46.7. The molecule has 19 heteroatoms. The summed E-state index contributed by atoms with van der Waals surface area (Å²) >= 11 is 0. The first kappa shape index (κ1) is 92.0. The van der Waals surface area contributed by atoms with Crippen molar-refractivity contribution in [2.45, 2.75) is 329 Å². The summed E-state index contributed by atoms with van der Waals surface area (Å²) in [6.07, 6.45) is 71.2. The molecule has 17 nitrogen and oxygen atoms in total. The van der Waals surface area contributed by atoms with Gasteiger partial charge in [-0.1, -0.05) is 266 Å². The summed E-state index contributed by atoms with van der Waals surface area (Å²) in [7, 11) is -9.94. The third kappa shape index (κ3) is 68.5. The van der Waals surface area contributed by atoms with Gasteiger partial charge in [0.2, 0.25) is 0 Å². The van der Waals surface area contributed by atoms with Crippen molar-refractivity contribution < 1.29 is 80.2 Å². The van der Waals surface area contributed by atoms with Crippen LogP contribution >= 0.6 is 15.6 Å². The topological polar surface area (TPSA) is 237 Å². The highest BCUT2D eigenvalue weighted by Crippen LogP contribution is 2.45. The van der Waals surface area contributed by atoms with Crippen LogP contribution in [0, 0.1) is 0 Å². The van der Waals surface area contributed by atoms with E-state index in [9.17, 15) is 43.2 Å². The number of phosphoric ester groups is 2. The molecule has 0 bridgehead atoms. The minimum absolute atomic E-state index is 0.0811. The van der Waals surface area contributed by atoms with E-state index in [4.69, 9.17) is 37.0 Å². The van der Waals surface area contributed by atoms with E-state index >= 15 is 0 Å². The average molecular weight is 1390 g/mol. The Bertz CT molecular complexity index is 2200. The minimum Gasteiger partial charge on any atom is -0.462 e. The predicted molar refractivity (Wildman–Crippen MR) is 390 cm³/mol. The van der Waals surface area contributed by atoms with Gasteiger partial charge in [-0.15, -0.1) is 0 Å². The van der Waals surface area contributed by atoms with Gasteiger partial charge in [0, 0.05) is 25.7 Å². The quantitative estimate of drug-likeness (QED) is 0.0169. The van der Waals surface area contributed by atoms with Crippen LogP contribution in [0.5, 0.6) is 0 Å². The van der Waals surface area contributed by atoms with Crippen LogP contribution in [-0.4, -0.2) is 96.7 Å². The zero-order valence-electron chi connectivity index (χ0n) is 60.3. The van der Waals surface area contributed by atoms with Gasteiger partial charge in [0.05, 0.1) is 26.4 Å². The molecule has 0 aromatic carbocycles. The molecule has 0 aromatic heterocycles. The first-order valence-corrected chi connectivity index (χ1v) is 40.5. The molecule has 96 heavy (non-hydrogen) atoms. The number of allylic oxidation sites excluding steroid dienone is 16. The summed E-state index contributed by atoms with van der Waals surface area (Å²) in [5, 5.41) is 10.6. The standard InChI is InChI=1S/C77H134O17P2/c1-5-9-13-17-21-25-29-31-33-34-35-36-38-40-44-46-50-54-58-62-75(80)88-68-73(94-77(82)64-60-56-52-48-42-28-24-20-16-12-8-4)70-92-96(85,86)90-66-71(78)65-89-95(83,84)91-69-72(93-76(81)63-59-55-51-47-41-27-23-19-15-11-7-3)67-87-74(79)61-57-53-49-45-43-39-37-32-30-26-22-18-14-10-6-2/h9-10,13-14,20-22,24-26,31-33,35-37,71-73,78H,5-8,11-12,15-19,23,27-30,34,38-70H2,1-4H3,(H,83,84)(H,85,86)/b13-9-,14-10-,24-20-,25-21-,26-22-,33-31-,36-35-,37-32-. The highest BCUT2D eigenvalue weighted by molar-refractivity contribution is 7.47. The fourth-order valence-corrected chi connectivity index (χ4v) is 11.4. The lowest BCUT2D eigenvalue weighted by atomic mass is 10.1. The van der Waals surface area contributed by atoms with Gasteiger partial charge in [-0.05, 0) is 116 Å². The van der Waals surface area contributed by atoms with E-state index in [1.54, 1.807) is 0 Å². The van der Waals surface area contributed by atoms with Crippen molar-refractivity contribution in [1.82, 2.24) is 0 Å². The monoisotopic (exact) mass is 1390 g/mol. The number of carbonyl (C=O) groups is 4. The highest BCUT2D eigenvalue weighted by atomic mass is 31.2. The second kappa shape index (κ2) is 69.5. The summed E-state index contributed by atoms with van der Waals surface area (Å²) in [5.74, 6) is -2.21. The van der Waals surface area contributed by atoms with Crippen molar-refractivity contribution in [1.29, 1.82) is 0 Å². The van der Waals surface area contributed by atoms with Crippen LogP contribution in [0.1, 0.15) is 310 Å². The van der Waals surface area contributed by atoms with Crippen LogP contribution in [0.2, 0.25) is 0 Å². The lowest BCUT2D eigenvalue weighted by Crippen LogP contribution is -2.30. The number of carbonyl (C=O) groups excluding carboxylic acids is 4. The minimum atomic E-state index is -4.97. The van der Waals surface area contributed by atoms with Crippen LogP contribution in [0.3, 0.4) is 0 Å². The molecule has 0 spiro atoms. The summed E-state index contributed by atoms with van der Waals surface area (Å²) < 4.78 is 68.3. The molecular formula is C77H134O17P2. The molecule has 0 aliphatic carbocycles. The number of hydrogen-bond donors (Lipinski definition) is 3. The molecule has 0 saturated heterocycles. The third-order valence-corrected chi connectivity index (χ3v) is 17.4. The molecule has 0 aliphatic heterocycles. The largest absolute Gasteiger partial charge is 0.472 e. The molecule has 0 aromatic rings. The molecule has 0 saturated carbocycles. The highest BCUT2D eigenvalue weighted by Gasteiger charge is 2.30. The number of esters is 4. The number of ether oxygens (including phenoxy) is 4. The molecule has 554 valence electrons. The summed E-state index contributed by atoms with van der Waals surface area (Å²) in [6.45, 7) is 4.57. The molecule has 5 atom stereocenters. The van der Waals surface area contributed by atoms with E-state index in [1.807, 2.05) is 0 Å². The maximum absolute atomic E-state index is 13.0. The zero-order valence-corrected chi connectivity index (χ0v) is 62.1. The molecule has 0 radical (unpaired) electrons. The van der Waals surface area contributed by atoms with Gasteiger partial charge in [-0.2, -0.15) is 0 Å². The number of hydrogen-bond acceptors (Lipinski definition) is 15. The van der Waals surface area contributed by atoms with Crippen LogP contribution in [0.15, 0.2) is 97.2 Å². The Hall–Kier alpha value is -4.02. The van der Waals surface area contributed by atoms with Gasteiger partial charge in [0.1, 0.15) is 19.3 Å². The lowest BCUT2D eigenvalue weighted by molar-refractivity contribution is -0.161. The molecular weight excluding hydrogens is 1260 g/mol. The Morgan fingerprint density at radius 2 is 0.552 bits per heavy atom. The fraction of sp³-hybridized carbons (Fsp3) is 0.740. The summed E-state index contributed by atoms with van der Waals surface area (Å²) in [4.78, 5) is 72.7. The average Bonchev–Trinajstić information content (AvgIpc) is 1.15. The Kier molecular flexibility index (Phi) is 66.6. The fourth-order valence-electron chi connectivity index (χ4n) is 9.85. The van der Waals surface area contributed by atoms with Gasteiger partial charge in [-0.3, -0.25) is 37.3 Å². The SMILES string of the molecule is CC/C=C\C/C=C\C/C=C\C/C=C\CCCCCCCCC(=O)OCC(COP(=O)(O)OCC(O)COP(=O)(O)OCC(COC(=O)CCCCCCC/C=C\C/C=C\C/C=C\CC)OC(=O)CCCCCCCCCCCCC)OC(=O)CCCCCCC/C=C\CCCC. The van der Waals surface area contributed by atoms with E-state index in [-0.39, 0.29) is 25.7 Å². The van der Waals surface area contributed by atoms with Crippen molar-refractivity contribution in [3.63, 3.8) is 0 Å². The van der Waals surface area contributed by atoms with Gasteiger partial charge >= 0.3 is 39.5 Å². The first-order valence-electron chi connectivity index (χ1n) is 37.5. The maximum atomic E-state index is 13.0. The van der Waals surface area contributed by atoms with Gasteiger partial charge < -0.3 is 33.8 Å². The second-order valence-corrected chi connectivity index (χ2v) is 27.7.